The Hall–Kier alpha value is -1.36. The zero-order valence-electron chi connectivity index (χ0n) is 12.3. The van der Waals surface area contributed by atoms with Gasteiger partial charge in [0.2, 0.25) is 0 Å². The summed E-state index contributed by atoms with van der Waals surface area (Å²) in [7, 11) is 2.10. The monoisotopic (exact) mass is 348 g/mol. The zero-order valence-corrected chi connectivity index (χ0v) is 13.8. The second-order valence-corrected chi connectivity index (χ2v) is 5.94. The largest absolute Gasteiger partial charge is 0.492 e. The minimum Gasteiger partial charge on any atom is -0.492 e. The third-order valence-electron chi connectivity index (χ3n) is 3.26. The molecule has 0 radical (unpaired) electrons. The molecule has 0 bridgehead atoms. The second kappa shape index (κ2) is 8.17. The summed E-state index contributed by atoms with van der Waals surface area (Å²) in [6.45, 7) is 2.93. The van der Waals surface area contributed by atoms with Crippen molar-refractivity contribution >= 4 is 15.9 Å². The Morgan fingerprint density at radius 2 is 1.95 bits per heavy atom. The maximum atomic E-state index is 5.83. The summed E-state index contributed by atoms with van der Waals surface area (Å²) in [6, 6.07) is 16.3. The van der Waals surface area contributed by atoms with Crippen LogP contribution >= 0.6 is 15.9 Å². The third-order valence-corrected chi connectivity index (χ3v) is 3.76. The highest BCUT2D eigenvalue weighted by molar-refractivity contribution is 9.10. The number of nitrogens with two attached hydrogens (primary N) is 1. The summed E-state index contributed by atoms with van der Waals surface area (Å²) >= 11 is 3.50. The van der Waals surface area contributed by atoms with E-state index in [0.29, 0.717) is 13.2 Å². The van der Waals surface area contributed by atoms with Gasteiger partial charge in [0, 0.05) is 29.7 Å². The van der Waals surface area contributed by atoms with Crippen molar-refractivity contribution in [3.63, 3.8) is 0 Å². The summed E-state index contributed by atoms with van der Waals surface area (Å²) in [5.74, 6) is 0.885. The lowest BCUT2D eigenvalue weighted by molar-refractivity contribution is 0.231. The maximum absolute atomic E-state index is 5.83. The van der Waals surface area contributed by atoms with Gasteiger partial charge in [-0.3, -0.25) is 4.90 Å². The molecule has 0 heterocycles. The quantitative estimate of drug-likeness (QED) is 0.833. The summed E-state index contributed by atoms with van der Waals surface area (Å²) < 4.78 is 6.94. The molecule has 112 valence electrons. The van der Waals surface area contributed by atoms with Crippen molar-refractivity contribution in [1.82, 2.24) is 4.90 Å². The lowest BCUT2D eigenvalue weighted by Crippen LogP contribution is -2.24. The Labute approximate surface area is 134 Å². The topological polar surface area (TPSA) is 38.5 Å². The van der Waals surface area contributed by atoms with Gasteiger partial charge in [0.1, 0.15) is 12.4 Å². The Bertz CT molecular complexity index is 574. The van der Waals surface area contributed by atoms with Gasteiger partial charge < -0.3 is 10.5 Å². The zero-order chi connectivity index (χ0) is 15.1. The molecule has 0 aliphatic heterocycles. The van der Waals surface area contributed by atoms with E-state index in [-0.39, 0.29) is 0 Å². The minimum atomic E-state index is 0.504. The smallest absolute Gasteiger partial charge is 0.123 e. The number of rotatable bonds is 7. The molecule has 0 aromatic heterocycles. The number of para-hydroxylation sites is 1. The highest BCUT2D eigenvalue weighted by Crippen LogP contribution is 2.17. The van der Waals surface area contributed by atoms with Crippen LogP contribution in [0, 0.1) is 0 Å². The Morgan fingerprint density at radius 3 is 2.71 bits per heavy atom. The molecule has 0 aliphatic rings. The van der Waals surface area contributed by atoms with E-state index in [4.69, 9.17) is 10.5 Å². The summed E-state index contributed by atoms with van der Waals surface area (Å²) in [6.07, 6.45) is 0. The van der Waals surface area contributed by atoms with Crippen LogP contribution in [0.25, 0.3) is 0 Å². The molecule has 0 atom stereocenters. The van der Waals surface area contributed by atoms with Crippen LogP contribution in [0.4, 0.5) is 0 Å². The van der Waals surface area contributed by atoms with E-state index in [1.54, 1.807) is 0 Å². The van der Waals surface area contributed by atoms with Crippen LogP contribution in [0.15, 0.2) is 53.0 Å². The molecule has 3 nitrogen and oxygen atoms in total. The predicted octanol–water partition coefficient (Wildman–Crippen LogP) is 3.42. The van der Waals surface area contributed by atoms with Gasteiger partial charge in [-0.2, -0.15) is 0 Å². The van der Waals surface area contributed by atoms with Gasteiger partial charge in [0.25, 0.3) is 0 Å². The van der Waals surface area contributed by atoms with Crippen molar-refractivity contribution in [2.45, 2.75) is 13.1 Å². The molecule has 0 amide bonds. The Morgan fingerprint density at radius 1 is 1.14 bits per heavy atom. The van der Waals surface area contributed by atoms with Gasteiger partial charge in [0.05, 0.1) is 0 Å². The van der Waals surface area contributed by atoms with E-state index in [2.05, 4.69) is 46.1 Å². The van der Waals surface area contributed by atoms with Crippen LogP contribution in [0.1, 0.15) is 11.1 Å². The van der Waals surface area contributed by atoms with Crippen molar-refractivity contribution in [2.75, 3.05) is 20.2 Å². The lowest BCUT2D eigenvalue weighted by atomic mass is 10.2. The molecule has 0 spiro atoms. The Kier molecular flexibility index (Phi) is 6.23. The molecule has 2 aromatic carbocycles. The van der Waals surface area contributed by atoms with Gasteiger partial charge in [-0.1, -0.05) is 46.3 Å². The van der Waals surface area contributed by atoms with Crippen LogP contribution in [0.2, 0.25) is 0 Å². The molecular weight excluding hydrogens is 328 g/mol. The number of ether oxygens (including phenoxy) is 1. The first-order valence-electron chi connectivity index (χ1n) is 7.03. The number of nitrogens with zero attached hydrogens (tertiary/aromatic N) is 1. The van der Waals surface area contributed by atoms with Gasteiger partial charge in [-0.25, -0.2) is 0 Å². The maximum Gasteiger partial charge on any atom is 0.123 e. The summed E-state index contributed by atoms with van der Waals surface area (Å²) in [5, 5.41) is 0. The first-order valence-corrected chi connectivity index (χ1v) is 7.82. The van der Waals surface area contributed by atoms with E-state index in [0.717, 1.165) is 28.9 Å². The van der Waals surface area contributed by atoms with Crippen molar-refractivity contribution in [3.8, 4) is 5.75 Å². The van der Waals surface area contributed by atoms with Crippen molar-refractivity contribution < 1.29 is 4.74 Å². The minimum absolute atomic E-state index is 0.504. The number of benzene rings is 2. The lowest BCUT2D eigenvalue weighted by Gasteiger charge is -2.18. The number of likely N-dealkylation sites (N-methyl/N-ethyl adjacent to an activating group) is 1. The molecule has 4 heteroatoms. The van der Waals surface area contributed by atoms with Crippen LogP contribution in [0.5, 0.6) is 5.75 Å². The van der Waals surface area contributed by atoms with Crippen LogP contribution in [-0.2, 0) is 13.1 Å². The molecule has 0 aliphatic carbocycles. The second-order valence-electron chi connectivity index (χ2n) is 5.03. The van der Waals surface area contributed by atoms with Crippen molar-refractivity contribution in [2.24, 2.45) is 5.73 Å². The van der Waals surface area contributed by atoms with Crippen molar-refractivity contribution in [3.05, 3.63) is 64.1 Å². The van der Waals surface area contributed by atoms with Crippen molar-refractivity contribution in [1.29, 1.82) is 0 Å². The third kappa shape index (κ3) is 5.16. The van der Waals surface area contributed by atoms with E-state index in [9.17, 15) is 0 Å². The van der Waals surface area contributed by atoms with E-state index in [1.807, 2.05) is 30.3 Å². The molecule has 0 fully saturated rings. The van der Waals surface area contributed by atoms with Gasteiger partial charge in [-0.05, 0) is 30.8 Å². The number of hydrogen-bond donors (Lipinski definition) is 1. The fourth-order valence-electron chi connectivity index (χ4n) is 2.15. The van der Waals surface area contributed by atoms with Crippen LogP contribution < -0.4 is 10.5 Å². The molecule has 2 N–H and O–H groups in total. The molecule has 0 saturated heterocycles. The van der Waals surface area contributed by atoms with Gasteiger partial charge in [0.15, 0.2) is 0 Å². The van der Waals surface area contributed by atoms with Crippen LogP contribution in [0.3, 0.4) is 0 Å². The summed E-state index contributed by atoms with van der Waals surface area (Å²) in [4.78, 5) is 2.24. The highest BCUT2D eigenvalue weighted by atomic mass is 79.9. The van der Waals surface area contributed by atoms with Gasteiger partial charge in [-0.15, -0.1) is 0 Å². The normalized spacial score (nSPS) is 10.9. The standard InChI is InChI=1S/C17H21BrN2O/c1-20(13-14-5-4-7-16(18)11-14)9-10-21-17-8-3-2-6-15(17)12-19/h2-8,11H,9-10,12-13,19H2,1H3. The summed E-state index contributed by atoms with van der Waals surface area (Å²) in [5.41, 5.74) is 8.04. The average molecular weight is 349 g/mol. The fraction of sp³-hybridized carbons (Fsp3) is 0.294. The SMILES string of the molecule is CN(CCOc1ccccc1CN)Cc1cccc(Br)c1. The van der Waals surface area contributed by atoms with E-state index in [1.165, 1.54) is 5.56 Å². The van der Waals surface area contributed by atoms with Gasteiger partial charge >= 0.3 is 0 Å². The molecule has 0 saturated carbocycles. The molecule has 0 unspecified atom stereocenters. The van der Waals surface area contributed by atoms with Crippen LogP contribution in [-0.4, -0.2) is 25.1 Å². The Balaban J connectivity index is 1.80. The molecule has 2 aromatic rings. The highest BCUT2D eigenvalue weighted by Gasteiger charge is 2.04. The fourth-order valence-corrected chi connectivity index (χ4v) is 2.60. The molecular formula is C17H21BrN2O. The first-order chi connectivity index (χ1) is 10.2. The predicted molar refractivity (Wildman–Crippen MR) is 90.3 cm³/mol. The van der Waals surface area contributed by atoms with E-state index >= 15 is 0 Å². The van der Waals surface area contributed by atoms with E-state index < -0.39 is 0 Å². The number of hydrogen-bond acceptors (Lipinski definition) is 3. The molecule has 2 rings (SSSR count). The average Bonchev–Trinajstić information content (AvgIpc) is 2.47. The first kappa shape index (κ1) is 16.0. The number of halogens is 1. The molecule has 21 heavy (non-hydrogen) atoms.